The SMILES string of the molecule is CC(=O)c1ccc(N2CCN(c3ccc4c(-c5ccn(C)n5)cn(C5CCNCC5)c4n3)CC2)cc1. The number of hydrogen-bond acceptors (Lipinski definition) is 6. The van der Waals surface area contributed by atoms with Crippen LogP contribution in [0.25, 0.3) is 22.3 Å². The van der Waals surface area contributed by atoms with E-state index in [1.807, 2.05) is 30.1 Å². The van der Waals surface area contributed by atoms with Crippen molar-refractivity contribution in [3.05, 3.63) is 60.4 Å². The van der Waals surface area contributed by atoms with Gasteiger partial charge in [0.25, 0.3) is 0 Å². The maximum Gasteiger partial charge on any atom is 0.159 e. The number of fused-ring (bicyclic) bond motifs is 1. The van der Waals surface area contributed by atoms with E-state index in [1.165, 1.54) is 11.1 Å². The van der Waals surface area contributed by atoms with Gasteiger partial charge in [-0.3, -0.25) is 9.48 Å². The fraction of sp³-hybridized carbons (Fsp3) is 0.393. The lowest BCUT2D eigenvalue weighted by Gasteiger charge is -2.37. The van der Waals surface area contributed by atoms with E-state index in [0.29, 0.717) is 6.04 Å². The number of nitrogens with zero attached hydrogens (tertiary/aromatic N) is 6. The van der Waals surface area contributed by atoms with E-state index in [1.54, 1.807) is 6.92 Å². The topological polar surface area (TPSA) is 71.2 Å². The predicted octanol–water partition coefficient (Wildman–Crippen LogP) is 3.89. The first kappa shape index (κ1) is 22.8. The largest absolute Gasteiger partial charge is 0.368 e. The van der Waals surface area contributed by atoms with Crippen LogP contribution in [0.4, 0.5) is 11.5 Å². The van der Waals surface area contributed by atoms with Gasteiger partial charge in [-0.2, -0.15) is 5.10 Å². The molecule has 36 heavy (non-hydrogen) atoms. The summed E-state index contributed by atoms with van der Waals surface area (Å²) in [6.45, 7) is 7.36. The molecule has 2 aliphatic heterocycles. The van der Waals surface area contributed by atoms with Crippen LogP contribution >= 0.6 is 0 Å². The summed E-state index contributed by atoms with van der Waals surface area (Å²) >= 11 is 0. The molecule has 4 aromatic rings. The van der Waals surface area contributed by atoms with Crippen molar-refractivity contribution in [3.8, 4) is 11.3 Å². The third-order valence-corrected chi connectivity index (χ3v) is 7.60. The second-order valence-corrected chi connectivity index (χ2v) is 9.92. The summed E-state index contributed by atoms with van der Waals surface area (Å²) < 4.78 is 4.26. The summed E-state index contributed by atoms with van der Waals surface area (Å²) in [4.78, 5) is 21.6. The van der Waals surface area contributed by atoms with Crippen molar-refractivity contribution in [3.63, 3.8) is 0 Å². The van der Waals surface area contributed by atoms with Crippen LogP contribution in [0, 0.1) is 0 Å². The molecule has 0 bridgehead atoms. The number of Topliss-reactive ketones (excluding diaryl/α,β-unsaturated/α-hetero) is 1. The van der Waals surface area contributed by atoms with E-state index >= 15 is 0 Å². The van der Waals surface area contributed by atoms with Gasteiger partial charge in [-0.25, -0.2) is 4.98 Å². The molecule has 3 aromatic heterocycles. The Bertz CT molecular complexity index is 1370. The zero-order valence-electron chi connectivity index (χ0n) is 21.0. The van der Waals surface area contributed by atoms with Crippen LogP contribution in [-0.2, 0) is 7.05 Å². The first-order valence-electron chi connectivity index (χ1n) is 12.9. The van der Waals surface area contributed by atoms with Gasteiger partial charge in [-0.1, -0.05) is 0 Å². The van der Waals surface area contributed by atoms with Crippen LogP contribution in [0.2, 0.25) is 0 Å². The molecule has 8 heteroatoms. The number of piperazine rings is 1. The molecule has 0 saturated carbocycles. The summed E-state index contributed by atoms with van der Waals surface area (Å²) in [5.41, 5.74) is 5.14. The Morgan fingerprint density at radius 3 is 2.33 bits per heavy atom. The molecule has 0 aliphatic carbocycles. The second-order valence-electron chi connectivity index (χ2n) is 9.92. The van der Waals surface area contributed by atoms with Crippen LogP contribution in [-0.4, -0.2) is 64.4 Å². The highest BCUT2D eigenvalue weighted by Gasteiger charge is 2.24. The van der Waals surface area contributed by atoms with Crippen LogP contribution in [0.3, 0.4) is 0 Å². The summed E-state index contributed by atoms with van der Waals surface area (Å²) in [6, 6.07) is 14.9. The number of nitrogens with one attached hydrogen (secondary N) is 1. The molecule has 2 fully saturated rings. The zero-order valence-corrected chi connectivity index (χ0v) is 21.0. The van der Waals surface area contributed by atoms with E-state index in [2.05, 4.69) is 61.3 Å². The number of carbonyl (C=O) groups is 1. The number of carbonyl (C=O) groups excluding carboxylic acids is 1. The van der Waals surface area contributed by atoms with E-state index in [4.69, 9.17) is 4.98 Å². The molecular weight excluding hydrogens is 450 g/mol. The predicted molar refractivity (Wildman–Crippen MR) is 144 cm³/mol. The first-order chi connectivity index (χ1) is 17.6. The van der Waals surface area contributed by atoms with Crippen LogP contribution in [0.5, 0.6) is 0 Å². The van der Waals surface area contributed by atoms with Gasteiger partial charge in [0.1, 0.15) is 11.5 Å². The van der Waals surface area contributed by atoms with E-state index in [-0.39, 0.29) is 5.78 Å². The quantitative estimate of drug-likeness (QED) is 0.434. The number of pyridine rings is 1. The van der Waals surface area contributed by atoms with Gasteiger partial charge < -0.3 is 19.7 Å². The molecule has 1 N–H and O–H groups in total. The number of rotatable bonds is 5. The molecule has 6 rings (SSSR count). The highest BCUT2D eigenvalue weighted by atomic mass is 16.1. The van der Waals surface area contributed by atoms with Gasteiger partial charge in [-0.15, -0.1) is 0 Å². The molecule has 0 amide bonds. The summed E-state index contributed by atoms with van der Waals surface area (Å²) in [5.74, 6) is 1.14. The minimum atomic E-state index is 0.105. The fourth-order valence-electron chi connectivity index (χ4n) is 5.52. The fourth-order valence-corrected chi connectivity index (χ4v) is 5.52. The summed E-state index contributed by atoms with van der Waals surface area (Å²) in [5, 5.41) is 9.33. The molecule has 5 heterocycles. The van der Waals surface area contributed by atoms with Gasteiger partial charge in [-0.05, 0) is 75.3 Å². The lowest BCUT2D eigenvalue weighted by Crippen LogP contribution is -2.46. The molecule has 1 aromatic carbocycles. The molecule has 0 spiro atoms. The third kappa shape index (κ3) is 4.26. The van der Waals surface area contributed by atoms with Crippen LogP contribution < -0.4 is 15.1 Å². The van der Waals surface area contributed by atoms with Crippen molar-refractivity contribution < 1.29 is 4.79 Å². The Morgan fingerprint density at radius 2 is 1.67 bits per heavy atom. The van der Waals surface area contributed by atoms with Gasteiger partial charge >= 0.3 is 0 Å². The van der Waals surface area contributed by atoms with Gasteiger partial charge in [0.2, 0.25) is 0 Å². The smallest absolute Gasteiger partial charge is 0.159 e. The number of anilines is 2. The molecule has 8 nitrogen and oxygen atoms in total. The van der Waals surface area contributed by atoms with Crippen molar-refractivity contribution in [2.24, 2.45) is 7.05 Å². The third-order valence-electron chi connectivity index (χ3n) is 7.60. The number of aryl methyl sites for hydroxylation is 1. The molecule has 186 valence electrons. The highest BCUT2D eigenvalue weighted by Crippen LogP contribution is 2.34. The monoisotopic (exact) mass is 483 g/mol. The molecular formula is C28H33N7O. The van der Waals surface area contributed by atoms with Gasteiger partial charge in [0.15, 0.2) is 5.78 Å². The Kier molecular flexibility index (Phi) is 5.97. The van der Waals surface area contributed by atoms with Crippen LogP contribution in [0.15, 0.2) is 54.9 Å². The summed E-state index contributed by atoms with van der Waals surface area (Å²) in [6.07, 6.45) is 6.48. The maximum absolute atomic E-state index is 11.6. The van der Waals surface area contributed by atoms with E-state index in [9.17, 15) is 4.79 Å². The number of benzene rings is 1. The van der Waals surface area contributed by atoms with E-state index < -0.39 is 0 Å². The molecule has 2 aliphatic rings. The minimum Gasteiger partial charge on any atom is -0.368 e. The summed E-state index contributed by atoms with van der Waals surface area (Å²) in [7, 11) is 1.96. The van der Waals surface area contributed by atoms with Gasteiger partial charge in [0.05, 0.1) is 5.69 Å². The van der Waals surface area contributed by atoms with Crippen molar-refractivity contribution in [1.29, 1.82) is 0 Å². The standard InChI is InChI=1S/C28H33N7O/c1-20(36)21-3-5-22(6-4-21)33-15-17-34(18-16-33)27-8-7-24-25(26-11-14-32(2)31-26)19-35(28(24)30-27)23-9-12-29-13-10-23/h3-8,11,14,19,23,29H,9-10,12-13,15-18H2,1-2H3. The van der Waals surface area contributed by atoms with E-state index in [0.717, 1.165) is 80.4 Å². The maximum atomic E-state index is 11.6. The molecule has 0 atom stereocenters. The Morgan fingerprint density at radius 1 is 0.944 bits per heavy atom. The van der Waals surface area contributed by atoms with Gasteiger partial charge in [0, 0.05) is 73.9 Å². The Labute approximate surface area is 211 Å². The lowest BCUT2D eigenvalue weighted by molar-refractivity contribution is 0.101. The Balaban J connectivity index is 1.27. The van der Waals surface area contributed by atoms with Crippen molar-refractivity contribution in [1.82, 2.24) is 24.6 Å². The molecule has 2 saturated heterocycles. The number of hydrogen-bond donors (Lipinski definition) is 1. The van der Waals surface area contributed by atoms with Crippen molar-refractivity contribution in [2.45, 2.75) is 25.8 Å². The zero-order chi connectivity index (χ0) is 24.6. The van der Waals surface area contributed by atoms with Crippen molar-refractivity contribution in [2.75, 3.05) is 49.1 Å². The molecule has 0 radical (unpaired) electrons. The highest BCUT2D eigenvalue weighted by molar-refractivity contribution is 5.95. The minimum absolute atomic E-state index is 0.105. The average Bonchev–Trinajstić information content (AvgIpc) is 3.52. The molecule has 0 unspecified atom stereocenters. The second kappa shape index (κ2) is 9.43. The normalized spacial score (nSPS) is 17.2. The lowest BCUT2D eigenvalue weighted by atomic mass is 10.1. The van der Waals surface area contributed by atoms with Crippen LogP contribution in [0.1, 0.15) is 36.2 Å². The first-order valence-corrected chi connectivity index (χ1v) is 12.9. The number of aromatic nitrogens is 4. The number of piperidine rings is 1. The number of ketones is 1. The van der Waals surface area contributed by atoms with Crippen molar-refractivity contribution >= 4 is 28.3 Å². The Hall–Kier alpha value is -3.65. The average molecular weight is 484 g/mol.